The van der Waals surface area contributed by atoms with E-state index in [1.54, 1.807) is 6.92 Å². The first-order valence-corrected chi connectivity index (χ1v) is 4.35. The molecule has 1 aromatic carbocycles. The lowest BCUT2D eigenvalue weighted by molar-refractivity contribution is -0.132. The Bertz CT molecular complexity index is 381. The minimum Gasteiger partial charge on any atom is -0.385 e. The summed E-state index contributed by atoms with van der Waals surface area (Å²) >= 11 is 0. The fourth-order valence-corrected chi connectivity index (χ4v) is 1.22. The maximum atomic E-state index is 13.2. The first kappa shape index (κ1) is 11.6. The average Bonchev–Trinajstić information content (AvgIpc) is 2.19. The number of aryl methyl sites for hydroxylation is 1. The molecule has 0 heterocycles. The van der Waals surface area contributed by atoms with E-state index in [0.29, 0.717) is 5.56 Å². The Morgan fingerprint density at radius 1 is 1.47 bits per heavy atom. The number of nitrogens with two attached hydrogens (primary N) is 1. The molecule has 0 aromatic heterocycles. The van der Waals surface area contributed by atoms with Gasteiger partial charge >= 0.3 is 0 Å². The molecule has 5 heteroatoms. The molecule has 15 heavy (non-hydrogen) atoms. The zero-order valence-corrected chi connectivity index (χ0v) is 8.14. The SMILES string of the molecule is Cc1ccc(F)c(C(O)C(O)C(N)=O)c1. The Hall–Kier alpha value is -1.46. The number of hydrogen-bond donors (Lipinski definition) is 3. The molecule has 0 fully saturated rings. The fourth-order valence-electron chi connectivity index (χ4n) is 1.22. The van der Waals surface area contributed by atoms with E-state index < -0.39 is 23.9 Å². The topological polar surface area (TPSA) is 83.6 Å². The summed E-state index contributed by atoms with van der Waals surface area (Å²) in [6, 6.07) is 4.02. The molecule has 4 nitrogen and oxygen atoms in total. The lowest BCUT2D eigenvalue weighted by Crippen LogP contribution is -2.34. The van der Waals surface area contributed by atoms with E-state index >= 15 is 0 Å². The number of rotatable bonds is 3. The minimum atomic E-state index is -1.80. The van der Waals surface area contributed by atoms with Crippen LogP contribution in [0, 0.1) is 12.7 Å². The molecule has 1 rings (SSSR count). The second kappa shape index (κ2) is 4.37. The summed E-state index contributed by atoms with van der Waals surface area (Å²) in [5, 5.41) is 18.6. The van der Waals surface area contributed by atoms with Crippen molar-refractivity contribution in [2.75, 3.05) is 0 Å². The summed E-state index contributed by atoms with van der Waals surface area (Å²) in [5.74, 6) is -1.78. The van der Waals surface area contributed by atoms with Crippen molar-refractivity contribution in [2.45, 2.75) is 19.1 Å². The number of benzene rings is 1. The highest BCUT2D eigenvalue weighted by molar-refractivity contribution is 5.79. The Kier molecular flexibility index (Phi) is 3.39. The van der Waals surface area contributed by atoms with Gasteiger partial charge in [-0.3, -0.25) is 4.79 Å². The van der Waals surface area contributed by atoms with Crippen LogP contribution in [0.3, 0.4) is 0 Å². The van der Waals surface area contributed by atoms with Gasteiger partial charge in [-0.15, -0.1) is 0 Å². The van der Waals surface area contributed by atoms with E-state index in [0.717, 1.165) is 6.07 Å². The largest absolute Gasteiger partial charge is 0.385 e. The second-order valence-electron chi connectivity index (χ2n) is 3.32. The van der Waals surface area contributed by atoms with Gasteiger partial charge in [-0.25, -0.2) is 4.39 Å². The molecule has 0 radical (unpaired) electrons. The fraction of sp³-hybridized carbons (Fsp3) is 0.300. The lowest BCUT2D eigenvalue weighted by Gasteiger charge is -2.16. The number of hydrogen-bond acceptors (Lipinski definition) is 3. The Morgan fingerprint density at radius 2 is 2.07 bits per heavy atom. The predicted molar refractivity (Wildman–Crippen MR) is 51.3 cm³/mol. The van der Waals surface area contributed by atoms with Crippen molar-refractivity contribution in [1.82, 2.24) is 0 Å². The standard InChI is InChI=1S/C10H12FNO3/c1-5-2-3-7(11)6(4-5)8(13)9(14)10(12)15/h2-4,8-9,13-14H,1H3,(H2,12,15). The van der Waals surface area contributed by atoms with E-state index in [4.69, 9.17) is 5.73 Å². The number of primary amides is 1. The molecule has 2 atom stereocenters. The van der Waals surface area contributed by atoms with Crippen LogP contribution in [0.15, 0.2) is 18.2 Å². The predicted octanol–water partition coefficient (Wildman–Crippen LogP) is 0.0137. The van der Waals surface area contributed by atoms with E-state index in [9.17, 15) is 19.4 Å². The summed E-state index contributed by atoms with van der Waals surface area (Å²) in [6.45, 7) is 1.70. The normalized spacial score (nSPS) is 14.7. The van der Waals surface area contributed by atoms with Gasteiger partial charge < -0.3 is 15.9 Å². The number of carbonyl (C=O) groups is 1. The summed E-state index contributed by atoms with van der Waals surface area (Å²) in [5.41, 5.74) is 5.36. The van der Waals surface area contributed by atoms with Crippen molar-refractivity contribution < 1.29 is 19.4 Å². The molecule has 2 unspecified atom stereocenters. The second-order valence-corrected chi connectivity index (χ2v) is 3.32. The summed E-state index contributed by atoms with van der Waals surface area (Å²) in [4.78, 5) is 10.6. The molecule has 1 aromatic rings. The van der Waals surface area contributed by atoms with E-state index in [1.165, 1.54) is 12.1 Å². The van der Waals surface area contributed by atoms with Crippen molar-refractivity contribution in [3.05, 3.63) is 35.1 Å². The van der Waals surface area contributed by atoms with E-state index in [1.807, 2.05) is 0 Å². The molecular weight excluding hydrogens is 201 g/mol. The van der Waals surface area contributed by atoms with Gasteiger partial charge in [-0.1, -0.05) is 17.7 Å². The Balaban J connectivity index is 3.04. The lowest BCUT2D eigenvalue weighted by atomic mass is 10.0. The zero-order chi connectivity index (χ0) is 11.6. The van der Waals surface area contributed by atoms with Crippen LogP contribution in [0.25, 0.3) is 0 Å². The highest BCUT2D eigenvalue weighted by Crippen LogP contribution is 2.21. The third-order valence-corrected chi connectivity index (χ3v) is 2.06. The number of carbonyl (C=O) groups excluding carboxylic acids is 1. The summed E-state index contributed by atoms with van der Waals surface area (Å²) in [7, 11) is 0. The van der Waals surface area contributed by atoms with Crippen LogP contribution < -0.4 is 5.73 Å². The number of halogens is 1. The first-order valence-electron chi connectivity index (χ1n) is 4.35. The van der Waals surface area contributed by atoms with Crippen LogP contribution in [-0.4, -0.2) is 22.2 Å². The van der Waals surface area contributed by atoms with Crippen molar-refractivity contribution in [3.8, 4) is 0 Å². The molecular formula is C10H12FNO3. The Labute approximate surface area is 86.1 Å². The van der Waals surface area contributed by atoms with E-state index in [-0.39, 0.29) is 5.56 Å². The molecule has 0 bridgehead atoms. The quantitative estimate of drug-likeness (QED) is 0.661. The average molecular weight is 213 g/mol. The highest BCUT2D eigenvalue weighted by atomic mass is 19.1. The van der Waals surface area contributed by atoms with Gasteiger partial charge in [0.05, 0.1) is 0 Å². The number of aliphatic hydroxyl groups excluding tert-OH is 2. The minimum absolute atomic E-state index is 0.138. The van der Waals surface area contributed by atoms with Gasteiger partial charge in [0.15, 0.2) is 6.10 Å². The molecule has 0 aliphatic heterocycles. The van der Waals surface area contributed by atoms with Crippen LogP contribution in [0.5, 0.6) is 0 Å². The van der Waals surface area contributed by atoms with Gasteiger partial charge in [0.1, 0.15) is 11.9 Å². The number of aliphatic hydroxyl groups is 2. The Morgan fingerprint density at radius 3 is 2.60 bits per heavy atom. The smallest absolute Gasteiger partial charge is 0.249 e. The monoisotopic (exact) mass is 213 g/mol. The molecule has 82 valence electrons. The first-order chi connectivity index (χ1) is 6.93. The van der Waals surface area contributed by atoms with Crippen molar-refractivity contribution in [1.29, 1.82) is 0 Å². The molecule has 0 saturated heterocycles. The molecule has 0 spiro atoms. The van der Waals surface area contributed by atoms with E-state index in [2.05, 4.69) is 0 Å². The maximum absolute atomic E-state index is 13.2. The molecule has 4 N–H and O–H groups in total. The van der Waals surface area contributed by atoms with Crippen LogP contribution in [0.1, 0.15) is 17.2 Å². The molecule has 0 aliphatic carbocycles. The molecule has 0 saturated carbocycles. The van der Waals surface area contributed by atoms with Crippen molar-refractivity contribution >= 4 is 5.91 Å². The molecule has 1 amide bonds. The van der Waals surface area contributed by atoms with Crippen LogP contribution in [0.4, 0.5) is 4.39 Å². The third kappa shape index (κ3) is 2.51. The number of amides is 1. The van der Waals surface area contributed by atoms with Crippen molar-refractivity contribution in [2.24, 2.45) is 5.73 Å². The van der Waals surface area contributed by atoms with Crippen LogP contribution in [-0.2, 0) is 4.79 Å². The third-order valence-electron chi connectivity index (χ3n) is 2.06. The summed E-state index contributed by atoms with van der Waals surface area (Å²) < 4.78 is 13.2. The van der Waals surface area contributed by atoms with Gasteiger partial charge in [-0.05, 0) is 13.0 Å². The van der Waals surface area contributed by atoms with Gasteiger partial charge in [0, 0.05) is 5.56 Å². The maximum Gasteiger partial charge on any atom is 0.249 e. The highest BCUT2D eigenvalue weighted by Gasteiger charge is 2.25. The van der Waals surface area contributed by atoms with Gasteiger partial charge in [0.25, 0.3) is 0 Å². The van der Waals surface area contributed by atoms with Crippen molar-refractivity contribution in [3.63, 3.8) is 0 Å². The molecule has 0 aliphatic rings. The van der Waals surface area contributed by atoms with Gasteiger partial charge in [0.2, 0.25) is 5.91 Å². The van der Waals surface area contributed by atoms with Crippen LogP contribution in [0.2, 0.25) is 0 Å². The van der Waals surface area contributed by atoms with Crippen LogP contribution >= 0.6 is 0 Å². The van der Waals surface area contributed by atoms with Gasteiger partial charge in [-0.2, -0.15) is 0 Å². The zero-order valence-electron chi connectivity index (χ0n) is 8.14. The summed E-state index contributed by atoms with van der Waals surface area (Å²) in [6.07, 6.45) is -3.44.